The molecule has 1 fully saturated rings. The molecule has 1 amide bonds. The number of hydrogen-bond donors (Lipinski definition) is 0. The highest BCUT2D eigenvalue weighted by molar-refractivity contribution is 8.26. The van der Waals surface area contributed by atoms with Gasteiger partial charge in [-0.15, -0.1) is 0 Å². The number of rotatable bonds is 8. The van der Waals surface area contributed by atoms with Gasteiger partial charge in [0.1, 0.15) is 22.5 Å². The lowest BCUT2D eigenvalue weighted by atomic mass is 10.1. The molecule has 37 heavy (non-hydrogen) atoms. The summed E-state index contributed by atoms with van der Waals surface area (Å²) in [5.74, 6) is 0.351. The van der Waals surface area contributed by atoms with Crippen LogP contribution in [0.1, 0.15) is 24.5 Å². The molecule has 0 unspecified atom stereocenters. The summed E-state index contributed by atoms with van der Waals surface area (Å²) in [6.07, 6.45) is 4.64. The van der Waals surface area contributed by atoms with Crippen molar-refractivity contribution < 1.29 is 13.9 Å². The van der Waals surface area contributed by atoms with Crippen LogP contribution in [-0.4, -0.2) is 31.5 Å². The summed E-state index contributed by atoms with van der Waals surface area (Å²) in [5.41, 5.74) is 4.26. The molecule has 1 saturated heterocycles. The number of ether oxygens (including phenoxy) is 1. The van der Waals surface area contributed by atoms with Crippen molar-refractivity contribution in [2.45, 2.75) is 20.0 Å². The van der Waals surface area contributed by atoms with Crippen molar-refractivity contribution in [3.8, 4) is 22.7 Å². The zero-order valence-electron chi connectivity index (χ0n) is 20.1. The van der Waals surface area contributed by atoms with Crippen LogP contribution in [0, 0.1) is 5.82 Å². The van der Waals surface area contributed by atoms with Crippen LogP contribution in [0.5, 0.6) is 5.75 Å². The predicted octanol–water partition coefficient (Wildman–Crippen LogP) is 6.87. The van der Waals surface area contributed by atoms with Gasteiger partial charge in [-0.2, -0.15) is 5.10 Å². The second-order valence-corrected chi connectivity index (χ2v) is 10.2. The SMILES string of the molecule is CCCN1C(=O)C(=Cc2cn(-c3ccccc3)nc2-c2ccc(OCc3ccc(F)cc3)cc2)SC1=S. The van der Waals surface area contributed by atoms with Crippen LogP contribution in [0.3, 0.4) is 0 Å². The van der Waals surface area contributed by atoms with Crippen molar-refractivity contribution >= 4 is 40.3 Å². The maximum absolute atomic E-state index is 13.1. The molecule has 0 spiro atoms. The molecule has 4 aromatic rings. The van der Waals surface area contributed by atoms with E-state index in [0.717, 1.165) is 34.5 Å². The minimum atomic E-state index is -0.272. The molecular weight excluding hydrogens is 505 g/mol. The van der Waals surface area contributed by atoms with Gasteiger partial charge in [0.05, 0.1) is 16.3 Å². The van der Waals surface area contributed by atoms with Crippen molar-refractivity contribution in [3.63, 3.8) is 0 Å². The van der Waals surface area contributed by atoms with Crippen molar-refractivity contribution in [2.75, 3.05) is 6.54 Å². The predicted molar refractivity (Wildman–Crippen MR) is 150 cm³/mol. The lowest BCUT2D eigenvalue weighted by Gasteiger charge is -2.11. The number of carbonyl (C=O) groups excluding carboxylic acids is 1. The first kappa shape index (κ1) is 24.9. The zero-order chi connectivity index (χ0) is 25.8. The molecule has 5 rings (SSSR count). The Kier molecular flexibility index (Phi) is 7.48. The molecule has 2 heterocycles. The standard InChI is InChI=1S/C29H24FN3O2S2/c1-2-16-32-28(34)26(37-29(32)36)17-22-18-33(24-6-4-3-5-7-24)31-27(22)21-10-14-25(15-11-21)35-19-20-8-12-23(30)13-9-20/h3-15,17-18H,2,16,19H2,1H3. The first-order valence-electron chi connectivity index (χ1n) is 11.9. The van der Waals surface area contributed by atoms with Gasteiger partial charge in [0.25, 0.3) is 5.91 Å². The summed E-state index contributed by atoms with van der Waals surface area (Å²) >= 11 is 6.76. The van der Waals surface area contributed by atoms with Crippen molar-refractivity contribution in [3.05, 3.63) is 107 Å². The molecule has 5 nitrogen and oxygen atoms in total. The number of thioether (sulfide) groups is 1. The molecule has 0 bridgehead atoms. The molecular formula is C29H24FN3O2S2. The highest BCUT2D eigenvalue weighted by atomic mass is 32.2. The highest BCUT2D eigenvalue weighted by Gasteiger charge is 2.31. The monoisotopic (exact) mass is 529 g/mol. The van der Waals surface area contributed by atoms with Gasteiger partial charge < -0.3 is 4.74 Å². The molecule has 0 aliphatic carbocycles. The second-order valence-electron chi connectivity index (χ2n) is 8.49. The maximum atomic E-state index is 13.1. The third-order valence-electron chi connectivity index (χ3n) is 5.82. The Morgan fingerprint density at radius 1 is 1.03 bits per heavy atom. The number of benzene rings is 3. The molecule has 186 valence electrons. The Morgan fingerprint density at radius 3 is 2.46 bits per heavy atom. The lowest BCUT2D eigenvalue weighted by Crippen LogP contribution is -2.28. The van der Waals surface area contributed by atoms with E-state index in [1.165, 1.54) is 23.9 Å². The van der Waals surface area contributed by atoms with Gasteiger partial charge in [-0.25, -0.2) is 9.07 Å². The first-order chi connectivity index (χ1) is 18.0. The quantitative estimate of drug-likeness (QED) is 0.184. The highest BCUT2D eigenvalue weighted by Crippen LogP contribution is 2.35. The molecule has 3 aromatic carbocycles. The van der Waals surface area contributed by atoms with Gasteiger partial charge >= 0.3 is 0 Å². The van der Waals surface area contributed by atoms with Crippen LogP contribution in [0.15, 0.2) is 90.0 Å². The third kappa shape index (κ3) is 5.65. The van der Waals surface area contributed by atoms with E-state index in [4.69, 9.17) is 22.1 Å². The lowest BCUT2D eigenvalue weighted by molar-refractivity contribution is -0.122. The molecule has 0 atom stereocenters. The molecule has 1 aliphatic rings. The molecule has 1 aliphatic heterocycles. The average Bonchev–Trinajstić information content (AvgIpc) is 3.46. The largest absolute Gasteiger partial charge is 0.489 e. The van der Waals surface area contributed by atoms with Crippen molar-refractivity contribution in [1.82, 2.24) is 14.7 Å². The van der Waals surface area contributed by atoms with Crippen LogP contribution >= 0.6 is 24.0 Å². The van der Waals surface area contributed by atoms with Crippen LogP contribution in [0.4, 0.5) is 4.39 Å². The van der Waals surface area contributed by atoms with Gasteiger partial charge in [0.2, 0.25) is 0 Å². The normalized spacial score (nSPS) is 14.5. The van der Waals surface area contributed by atoms with E-state index in [-0.39, 0.29) is 11.7 Å². The zero-order valence-corrected chi connectivity index (χ0v) is 21.8. The number of aromatic nitrogens is 2. The molecule has 8 heteroatoms. The van der Waals surface area contributed by atoms with Gasteiger partial charge in [-0.05, 0) is 66.6 Å². The number of para-hydroxylation sites is 1. The minimum Gasteiger partial charge on any atom is -0.489 e. The van der Waals surface area contributed by atoms with Gasteiger partial charge in [-0.3, -0.25) is 9.69 Å². The van der Waals surface area contributed by atoms with E-state index in [1.54, 1.807) is 17.0 Å². The Hall–Kier alpha value is -3.75. The topological polar surface area (TPSA) is 47.4 Å². The number of nitrogens with zero attached hydrogens (tertiary/aromatic N) is 3. The van der Waals surface area contributed by atoms with Gasteiger partial charge in [0, 0.05) is 23.9 Å². The Balaban J connectivity index is 1.44. The maximum Gasteiger partial charge on any atom is 0.266 e. The summed E-state index contributed by atoms with van der Waals surface area (Å²) in [7, 11) is 0. The van der Waals surface area contributed by atoms with Gasteiger partial charge in [-0.1, -0.05) is 61.2 Å². The summed E-state index contributed by atoms with van der Waals surface area (Å²) < 4.78 is 21.4. The number of amides is 1. The fourth-order valence-electron chi connectivity index (χ4n) is 3.94. The van der Waals surface area contributed by atoms with E-state index in [9.17, 15) is 9.18 Å². The van der Waals surface area contributed by atoms with Crippen molar-refractivity contribution in [1.29, 1.82) is 0 Å². The smallest absolute Gasteiger partial charge is 0.266 e. The van der Waals surface area contributed by atoms with Gasteiger partial charge in [0.15, 0.2) is 0 Å². The molecule has 0 N–H and O–H groups in total. The van der Waals surface area contributed by atoms with E-state index in [1.807, 2.05) is 78.5 Å². The van der Waals surface area contributed by atoms with E-state index < -0.39 is 0 Å². The fraction of sp³-hybridized carbons (Fsp3) is 0.138. The molecule has 0 radical (unpaired) electrons. The molecule has 0 saturated carbocycles. The first-order valence-corrected chi connectivity index (χ1v) is 13.1. The Labute approximate surface area is 224 Å². The number of carbonyl (C=O) groups is 1. The van der Waals surface area contributed by atoms with E-state index >= 15 is 0 Å². The van der Waals surface area contributed by atoms with Crippen LogP contribution in [-0.2, 0) is 11.4 Å². The van der Waals surface area contributed by atoms with Crippen LogP contribution < -0.4 is 4.74 Å². The summed E-state index contributed by atoms with van der Waals surface area (Å²) in [5, 5.41) is 4.85. The summed E-state index contributed by atoms with van der Waals surface area (Å²) in [4.78, 5) is 15.2. The third-order valence-corrected chi connectivity index (χ3v) is 7.19. The number of thiocarbonyl (C=S) groups is 1. The number of halogens is 1. The van der Waals surface area contributed by atoms with E-state index in [0.29, 0.717) is 28.1 Å². The fourth-order valence-corrected chi connectivity index (χ4v) is 5.24. The summed E-state index contributed by atoms with van der Waals surface area (Å²) in [6, 6.07) is 23.7. The molecule has 1 aromatic heterocycles. The van der Waals surface area contributed by atoms with Crippen LogP contribution in [0.25, 0.3) is 23.0 Å². The average molecular weight is 530 g/mol. The summed E-state index contributed by atoms with van der Waals surface area (Å²) in [6.45, 7) is 2.97. The minimum absolute atomic E-state index is 0.0696. The van der Waals surface area contributed by atoms with E-state index in [2.05, 4.69) is 0 Å². The van der Waals surface area contributed by atoms with Crippen molar-refractivity contribution in [2.24, 2.45) is 0 Å². The second kappa shape index (κ2) is 11.1. The Bertz CT molecular complexity index is 1450. The number of hydrogen-bond acceptors (Lipinski definition) is 5. The van der Waals surface area contributed by atoms with Crippen LogP contribution in [0.2, 0.25) is 0 Å². The Morgan fingerprint density at radius 2 is 1.76 bits per heavy atom.